The highest BCUT2D eigenvalue weighted by atomic mass is 16.2. The number of likely N-dealkylation sites (N-methyl/N-ethyl adjacent to an activating group) is 1. The highest BCUT2D eigenvalue weighted by molar-refractivity contribution is 5.86. The van der Waals surface area contributed by atoms with E-state index in [-0.39, 0.29) is 5.91 Å². The van der Waals surface area contributed by atoms with Crippen molar-refractivity contribution in [2.24, 2.45) is 11.7 Å². The number of unbranched alkanes of at least 4 members (excludes halogenated alkanes) is 1. The fourth-order valence-electron chi connectivity index (χ4n) is 0.661. The van der Waals surface area contributed by atoms with Gasteiger partial charge in [0.2, 0.25) is 5.91 Å². The number of nitrogens with two attached hydrogens (primary N) is 2. The zero-order valence-electron chi connectivity index (χ0n) is 7.92. The van der Waals surface area contributed by atoms with Crippen LogP contribution in [0, 0.1) is 0 Å². The van der Waals surface area contributed by atoms with Gasteiger partial charge in [0.1, 0.15) is 0 Å². The molecule has 0 aromatic heterocycles. The van der Waals surface area contributed by atoms with Crippen LogP contribution >= 0.6 is 0 Å². The van der Waals surface area contributed by atoms with Gasteiger partial charge in [-0.05, 0) is 12.5 Å². The minimum Gasteiger partial charge on any atom is -0.342 e. The Labute approximate surface area is 74.2 Å². The lowest BCUT2D eigenvalue weighted by Crippen LogP contribution is -2.25. The summed E-state index contributed by atoms with van der Waals surface area (Å²) in [4.78, 5) is 12.5. The Morgan fingerprint density at radius 3 is 2.42 bits per heavy atom. The standard InChI is InChI=1S/C8H15NO.H4N2/c1-4-6-7-9(3)8(10)5-2;1-2/h5H,2,4,6-7H2,1,3H3;1-2H2. The lowest BCUT2D eigenvalue weighted by atomic mass is 10.3. The van der Waals surface area contributed by atoms with Crippen molar-refractivity contribution in [3.05, 3.63) is 12.7 Å². The summed E-state index contributed by atoms with van der Waals surface area (Å²) in [7, 11) is 1.79. The molecule has 0 aliphatic rings. The zero-order valence-corrected chi connectivity index (χ0v) is 7.92. The number of hydrogen-bond acceptors (Lipinski definition) is 3. The van der Waals surface area contributed by atoms with Gasteiger partial charge < -0.3 is 4.90 Å². The van der Waals surface area contributed by atoms with Gasteiger partial charge in [0.05, 0.1) is 0 Å². The van der Waals surface area contributed by atoms with Gasteiger partial charge in [-0.25, -0.2) is 0 Å². The van der Waals surface area contributed by atoms with E-state index in [1.54, 1.807) is 11.9 Å². The molecule has 0 rings (SSSR count). The molecule has 0 saturated carbocycles. The maximum Gasteiger partial charge on any atom is 0.245 e. The van der Waals surface area contributed by atoms with E-state index in [1.807, 2.05) is 0 Å². The second kappa shape index (κ2) is 10.1. The van der Waals surface area contributed by atoms with Gasteiger partial charge >= 0.3 is 0 Å². The number of hydrogen-bond donors (Lipinski definition) is 2. The van der Waals surface area contributed by atoms with E-state index in [0.717, 1.165) is 19.4 Å². The van der Waals surface area contributed by atoms with Crippen molar-refractivity contribution in [2.45, 2.75) is 19.8 Å². The summed E-state index contributed by atoms with van der Waals surface area (Å²) in [6.07, 6.45) is 3.53. The van der Waals surface area contributed by atoms with Crippen LogP contribution in [0.1, 0.15) is 19.8 Å². The molecule has 0 aliphatic carbocycles. The molecule has 0 unspecified atom stereocenters. The third-order valence-electron chi connectivity index (χ3n) is 1.40. The highest BCUT2D eigenvalue weighted by Gasteiger charge is 2.00. The fourth-order valence-corrected chi connectivity index (χ4v) is 0.661. The Bertz CT molecular complexity index is 125. The van der Waals surface area contributed by atoms with Gasteiger partial charge in [-0.2, -0.15) is 0 Å². The second-order valence-electron chi connectivity index (χ2n) is 2.32. The molecule has 1 amide bonds. The first kappa shape index (κ1) is 13.7. The normalized spacial score (nSPS) is 8.00. The number of carbonyl (C=O) groups excluding carboxylic acids is 1. The first-order chi connectivity index (χ1) is 5.72. The predicted molar refractivity (Wildman–Crippen MR) is 51.1 cm³/mol. The maximum atomic E-state index is 10.8. The molecule has 12 heavy (non-hydrogen) atoms. The molecule has 72 valence electrons. The lowest BCUT2D eigenvalue weighted by molar-refractivity contribution is -0.124. The van der Waals surface area contributed by atoms with Crippen LogP contribution in [0.15, 0.2) is 12.7 Å². The Morgan fingerprint density at radius 2 is 2.08 bits per heavy atom. The molecule has 0 fully saturated rings. The molecule has 4 heteroatoms. The minimum absolute atomic E-state index is 0.00782. The lowest BCUT2D eigenvalue weighted by Gasteiger charge is -2.13. The molecule has 0 spiro atoms. The van der Waals surface area contributed by atoms with E-state index >= 15 is 0 Å². The van der Waals surface area contributed by atoms with Gasteiger partial charge in [-0.1, -0.05) is 19.9 Å². The third-order valence-corrected chi connectivity index (χ3v) is 1.40. The summed E-state index contributed by atoms with van der Waals surface area (Å²) in [5.74, 6) is 8.01. The SMILES string of the molecule is C=CC(=O)N(C)CCCC.NN. The largest absolute Gasteiger partial charge is 0.342 e. The molecule has 0 heterocycles. The summed E-state index contributed by atoms with van der Waals surface area (Å²) in [6, 6.07) is 0. The van der Waals surface area contributed by atoms with Gasteiger partial charge in [0.25, 0.3) is 0 Å². The molecular formula is C8H19N3O. The van der Waals surface area contributed by atoms with E-state index in [0.29, 0.717) is 0 Å². The third kappa shape index (κ3) is 7.24. The van der Waals surface area contributed by atoms with Crippen LogP contribution < -0.4 is 11.7 Å². The summed E-state index contributed by atoms with van der Waals surface area (Å²) < 4.78 is 0. The van der Waals surface area contributed by atoms with E-state index in [1.165, 1.54) is 6.08 Å². The van der Waals surface area contributed by atoms with Crippen molar-refractivity contribution >= 4 is 5.91 Å². The van der Waals surface area contributed by atoms with E-state index in [9.17, 15) is 4.79 Å². The van der Waals surface area contributed by atoms with Crippen LogP contribution in [0.3, 0.4) is 0 Å². The van der Waals surface area contributed by atoms with Gasteiger partial charge in [-0.3, -0.25) is 16.5 Å². The van der Waals surface area contributed by atoms with Gasteiger partial charge in [-0.15, -0.1) is 0 Å². The molecule has 0 atom stereocenters. The number of rotatable bonds is 4. The number of hydrazine groups is 1. The van der Waals surface area contributed by atoms with Crippen molar-refractivity contribution in [2.75, 3.05) is 13.6 Å². The Morgan fingerprint density at radius 1 is 1.58 bits per heavy atom. The molecule has 0 bridgehead atoms. The molecule has 0 aromatic rings. The molecule has 4 N–H and O–H groups in total. The first-order valence-electron chi connectivity index (χ1n) is 3.93. The van der Waals surface area contributed by atoms with E-state index < -0.39 is 0 Å². The van der Waals surface area contributed by atoms with Gasteiger partial charge in [0.15, 0.2) is 0 Å². The average molecular weight is 173 g/mol. The summed E-state index contributed by atoms with van der Waals surface area (Å²) in [5, 5.41) is 0. The van der Waals surface area contributed by atoms with Gasteiger partial charge in [0, 0.05) is 13.6 Å². The topological polar surface area (TPSA) is 72.3 Å². The fraction of sp³-hybridized carbons (Fsp3) is 0.625. The smallest absolute Gasteiger partial charge is 0.245 e. The van der Waals surface area contributed by atoms with Crippen molar-refractivity contribution in [3.8, 4) is 0 Å². The van der Waals surface area contributed by atoms with E-state index in [4.69, 9.17) is 0 Å². The highest BCUT2D eigenvalue weighted by Crippen LogP contribution is 1.91. The predicted octanol–water partition coefficient (Wildman–Crippen LogP) is 0.250. The second-order valence-corrected chi connectivity index (χ2v) is 2.32. The van der Waals surface area contributed by atoms with E-state index in [2.05, 4.69) is 25.2 Å². The number of nitrogens with zero attached hydrogens (tertiary/aromatic N) is 1. The quantitative estimate of drug-likeness (QED) is 0.363. The van der Waals surface area contributed by atoms with Crippen LogP contribution in [0.2, 0.25) is 0 Å². The minimum atomic E-state index is 0.00782. The molecule has 0 aromatic carbocycles. The molecular weight excluding hydrogens is 154 g/mol. The maximum absolute atomic E-state index is 10.8. The molecule has 0 aliphatic heterocycles. The average Bonchev–Trinajstić information content (AvgIpc) is 2.16. The zero-order chi connectivity index (χ0) is 9.98. The van der Waals surface area contributed by atoms with Crippen molar-refractivity contribution in [3.63, 3.8) is 0 Å². The molecule has 4 nitrogen and oxygen atoms in total. The number of amides is 1. The Kier molecular flexibility index (Phi) is 11.6. The monoisotopic (exact) mass is 173 g/mol. The van der Waals surface area contributed by atoms with Crippen LogP contribution in [-0.4, -0.2) is 24.4 Å². The van der Waals surface area contributed by atoms with Crippen LogP contribution in [0.4, 0.5) is 0 Å². The van der Waals surface area contributed by atoms with Crippen LogP contribution in [0.5, 0.6) is 0 Å². The summed E-state index contributed by atoms with van der Waals surface area (Å²) >= 11 is 0. The first-order valence-corrected chi connectivity index (χ1v) is 3.93. The number of carbonyl (C=O) groups is 1. The summed E-state index contributed by atoms with van der Waals surface area (Å²) in [5.41, 5.74) is 0. The van der Waals surface area contributed by atoms with Crippen molar-refractivity contribution in [1.29, 1.82) is 0 Å². The van der Waals surface area contributed by atoms with Crippen molar-refractivity contribution in [1.82, 2.24) is 4.90 Å². The summed E-state index contributed by atoms with van der Waals surface area (Å²) in [6.45, 7) is 6.34. The molecule has 0 radical (unpaired) electrons. The van der Waals surface area contributed by atoms with Crippen molar-refractivity contribution < 1.29 is 4.79 Å². The molecule has 0 saturated heterocycles. The van der Waals surface area contributed by atoms with Crippen LogP contribution in [0.25, 0.3) is 0 Å². The Balaban J connectivity index is 0. The van der Waals surface area contributed by atoms with Crippen LogP contribution in [-0.2, 0) is 4.79 Å². The Hall–Kier alpha value is -0.870.